The van der Waals surface area contributed by atoms with Gasteiger partial charge in [0.25, 0.3) is 0 Å². The predicted octanol–water partition coefficient (Wildman–Crippen LogP) is 1.88. The van der Waals surface area contributed by atoms with Crippen molar-refractivity contribution in [2.75, 3.05) is 39.3 Å². The van der Waals surface area contributed by atoms with Crippen LogP contribution in [0.5, 0.6) is 0 Å². The molecule has 2 rings (SSSR count). The van der Waals surface area contributed by atoms with E-state index < -0.39 is 0 Å². The Bertz CT molecular complexity index is 560. The quantitative estimate of drug-likeness (QED) is 0.591. The van der Waals surface area contributed by atoms with E-state index in [2.05, 4.69) is 54.8 Å². The van der Waals surface area contributed by atoms with Gasteiger partial charge in [-0.1, -0.05) is 0 Å². The lowest BCUT2D eigenvalue weighted by Gasteiger charge is -2.35. The summed E-state index contributed by atoms with van der Waals surface area (Å²) in [6.07, 6.45) is 3.96. The minimum absolute atomic E-state index is 0.0455. The number of rotatable bonds is 7. The van der Waals surface area contributed by atoms with E-state index in [4.69, 9.17) is 9.73 Å². The van der Waals surface area contributed by atoms with Crippen LogP contribution in [-0.4, -0.2) is 77.0 Å². The lowest BCUT2D eigenvalue weighted by molar-refractivity contribution is -0.00806. The molecular formula is C19H36N6O. The van der Waals surface area contributed by atoms with Crippen molar-refractivity contribution in [1.82, 2.24) is 24.9 Å². The second-order valence-corrected chi connectivity index (χ2v) is 7.41. The van der Waals surface area contributed by atoms with Gasteiger partial charge >= 0.3 is 0 Å². The zero-order valence-electron chi connectivity index (χ0n) is 17.3. The van der Waals surface area contributed by atoms with Crippen LogP contribution in [0.25, 0.3) is 0 Å². The van der Waals surface area contributed by atoms with Crippen LogP contribution in [0.4, 0.5) is 0 Å². The standard InChI is InChI=1S/C19H36N6O/c1-7-20-19(21-8-9-25(15(2)3)16(4)5)24-10-11-26-18(14-24)17-12-22-23(6)13-17/h12-13,15-16,18H,7-11,14H2,1-6H3,(H,20,21). The molecule has 1 aliphatic heterocycles. The van der Waals surface area contributed by atoms with Gasteiger partial charge in [-0.15, -0.1) is 0 Å². The Kier molecular flexibility index (Phi) is 7.90. The molecule has 2 heterocycles. The number of morpholine rings is 1. The molecule has 0 spiro atoms. The second kappa shape index (κ2) is 9.92. The Labute approximate surface area is 158 Å². The smallest absolute Gasteiger partial charge is 0.194 e. The van der Waals surface area contributed by atoms with E-state index in [-0.39, 0.29) is 6.10 Å². The van der Waals surface area contributed by atoms with E-state index in [0.717, 1.165) is 44.2 Å². The van der Waals surface area contributed by atoms with Crippen molar-refractivity contribution in [3.8, 4) is 0 Å². The summed E-state index contributed by atoms with van der Waals surface area (Å²) in [5, 5.41) is 7.71. The molecule has 1 atom stereocenters. The maximum atomic E-state index is 5.96. The van der Waals surface area contributed by atoms with Crippen LogP contribution in [0.15, 0.2) is 17.4 Å². The second-order valence-electron chi connectivity index (χ2n) is 7.41. The van der Waals surface area contributed by atoms with E-state index in [1.165, 1.54) is 0 Å². The first-order chi connectivity index (χ1) is 12.4. The minimum atomic E-state index is 0.0455. The molecule has 1 fully saturated rings. The average Bonchev–Trinajstić information content (AvgIpc) is 3.03. The molecule has 7 nitrogen and oxygen atoms in total. The molecule has 1 aromatic rings. The average molecular weight is 365 g/mol. The molecule has 0 saturated carbocycles. The molecule has 26 heavy (non-hydrogen) atoms. The molecule has 148 valence electrons. The summed E-state index contributed by atoms with van der Waals surface area (Å²) in [5.74, 6) is 0.983. The highest BCUT2D eigenvalue weighted by atomic mass is 16.5. The van der Waals surface area contributed by atoms with E-state index in [0.29, 0.717) is 18.7 Å². The van der Waals surface area contributed by atoms with Crippen LogP contribution < -0.4 is 5.32 Å². The summed E-state index contributed by atoms with van der Waals surface area (Å²) in [6, 6.07) is 1.07. The third kappa shape index (κ3) is 5.71. The lowest BCUT2D eigenvalue weighted by Crippen LogP contribution is -2.48. The topological polar surface area (TPSA) is 57.9 Å². The predicted molar refractivity (Wildman–Crippen MR) is 106 cm³/mol. The fourth-order valence-electron chi connectivity index (χ4n) is 3.46. The molecule has 7 heteroatoms. The van der Waals surface area contributed by atoms with Gasteiger partial charge in [-0.25, -0.2) is 0 Å². The first-order valence-corrected chi connectivity index (χ1v) is 9.81. The van der Waals surface area contributed by atoms with E-state index in [1.807, 2.05) is 24.1 Å². The Balaban J connectivity index is 2.00. The van der Waals surface area contributed by atoms with Gasteiger partial charge in [0.1, 0.15) is 6.10 Å². The molecule has 1 N–H and O–H groups in total. The van der Waals surface area contributed by atoms with E-state index in [9.17, 15) is 0 Å². The number of nitrogens with one attached hydrogen (secondary N) is 1. The van der Waals surface area contributed by atoms with Gasteiger partial charge in [-0.05, 0) is 34.6 Å². The van der Waals surface area contributed by atoms with E-state index in [1.54, 1.807) is 0 Å². The van der Waals surface area contributed by atoms with Gasteiger partial charge in [0.15, 0.2) is 5.96 Å². The minimum Gasteiger partial charge on any atom is -0.370 e. The van der Waals surface area contributed by atoms with Crippen LogP contribution in [0.3, 0.4) is 0 Å². The Morgan fingerprint density at radius 3 is 2.69 bits per heavy atom. The highest BCUT2D eigenvalue weighted by Gasteiger charge is 2.25. The van der Waals surface area contributed by atoms with Gasteiger partial charge in [0.05, 0.1) is 25.9 Å². The summed E-state index contributed by atoms with van der Waals surface area (Å²) < 4.78 is 7.78. The SMILES string of the molecule is CCNC(=NCCN(C(C)C)C(C)C)N1CCOC(c2cnn(C)c2)C1. The van der Waals surface area contributed by atoms with E-state index >= 15 is 0 Å². The maximum Gasteiger partial charge on any atom is 0.194 e. The molecule has 0 radical (unpaired) electrons. The van der Waals surface area contributed by atoms with Crippen LogP contribution in [0, 0.1) is 0 Å². The van der Waals surface area contributed by atoms with Crippen LogP contribution in [0.2, 0.25) is 0 Å². The molecule has 0 bridgehead atoms. The Morgan fingerprint density at radius 1 is 1.38 bits per heavy atom. The van der Waals surface area contributed by atoms with Crippen molar-refractivity contribution >= 4 is 5.96 Å². The third-order valence-electron chi connectivity index (χ3n) is 4.74. The molecule has 0 aromatic carbocycles. The molecule has 1 aromatic heterocycles. The van der Waals surface area contributed by atoms with Gasteiger partial charge in [-0.2, -0.15) is 5.10 Å². The highest BCUT2D eigenvalue weighted by Crippen LogP contribution is 2.21. The Hall–Kier alpha value is -1.60. The number of hydrogen-bond acceptors (Lipinski definition) is 4. The van der Waals surface area contributed by atoms with Crippen LogP contribution in [-0.2, 0) is 11.8 Å². The molecule has 0 amide bonds. The monoisotopic (exact) mass is 364 g/mol. The van der Waals surface area contributed by atoms with Gasteiger partial charge in [-0.3, -0.25) is 14.6 Å². The summed E-state index contributed by atoms with van der Waals surface area (Å²) in [7, 11) is 1.94. The number of aliphatic imine (C=N–C) groups is 1. The molecule has 0 aliphatic carbocycles. The Morgan fingerprint density at radius 2 is 2.12 bits per heavy atom. The molecular weight excluding hydrogens is 328 g/mol. The first-order valence-electron chi connectivity index (χ1n) is 9.81. The van der Waals surface area contributed by atoms with Crippen molar-refractivity contribution in [1.29, 1.82) is 0 Å². The first kappa shape index (κ1) is 20.7. The van der Waals surface area contributed by atoms with Gasteiger partial charge < -0.3 is 15.0 Å². The fraction of sp³-hybridized carbons (Fsp3) is 0.789. The zero-order chi connectivity index (χ0) is 19.1. The summed E-state index contributed by atoms with van der Waals surface area (Å²) in [5.41, 5.74) is 1.12. The largest absolute Gasteiger partial charge is 0.370 e. The molecule has 1 saturated heterocycles. The van der Waals surface area contributed by atoms with Crippen molar-refractivity contribution in [2.45, 2.75) is 52.8 Å². The number of ether oxygens (including phenoxy) is 1. The molecule has 1 aliphatic rings. The van der Waals surface area contributed by atoms with Crippen molar-refractivity contribution in [3.63, 3.8) is 0 Å². The van der Waals surface area contributed by atoms with Crippen molar-refractivity contribution in [3.05, 3.63) is 18.0 Å². The number of nitrogens with zero attached hydrogens (tertiary/aromatic N) is 5. The lowest BCUT2D eigenvalue weighted by atomic mass is 10.1. The van der Waals surface area contributed by atoms with Gasteiger partial charge in [0.2, 0.25) is 0 Å². The number of guanidine groups is 1. The summed E-state index contributed by atoms with van der Waals surface area (Å²) >= 11 is 0. The number of aryl methyl sites for hydroxylation is 1. The third-order valence-corrected chi connectivity index (χ3v) is 4.74. The van der Waals surface area contributed by atoms with Crippen molar-refractivity contribution in [2.24, 2.45) is 12.0 Å². The number of hydrogen-bond donors (Lipinski definition) is 1. The summed E-state index contributed by atoms with van der Waals surface area (Å²) in [6.45, 7) is 16.1. The summed E-state index contributed by atoms with van der Waals surface area (Å²) in [4.78, 5) is 9.67. The highest BCUT2D eigenvalue weighted by molar-refractivity contribution is 5.80. The normalized spacial score (nSPS) is 19.0. The van der Waals surface area contributed by atoms with Crippen molar-refractivity contribution < 1.29 is 4.74 Å². The zero-order valence-corrected chi connectivity index (χ0v) is 17.3. The fourth-order valence-corrected chi connectivity index (χ4v) is 3.46. The molecule has 1 unspecified atom stereocenters. The van der Waals surface area contributed by atoms with Crippen LogP contribution >= 0.6 is 0 Å². The van der Waals surface area contributed by atoms with Gasteiger partial charge in [0, 0.05) is 50.5 Å². The van der Waals surface area contributed by atoms with Crippen LogP contribution in [0.1, 0.15) is 46.3 Å². The number of aromatic nitrogens is 2. The maximum absolute atomic E-state index is 5.96.